The molecule has 1 heterocycles. The van der Waals surface area contributed by atoms with Gasteiger partial charge in [-0.25, -0.2) is 0 Å². The SMILES string of the molecule is c1ccc(CNc2cccc3ncccc23)cc1. The lowest BCUT2D eigenvalue weighted by Gasteiger charge is -2.09. The van der Waals surface area contributed by atoms with E-state index >= 15 is 0 Å². The molecule has 0 unspecified atom stereocenters. The summed E-state index contributed by atoms with van der Waals surface area (Å²) in [5, 5.41) is 4.63. The van der Waals surface area contributed by atoms with Crippen LogP contribution in [0.5, 0.6) is 0 Å². The van der Waals surface area contributed by atoms with E-state index in [0.717, 1.165) is 23.1 Å². The first-order valence-electron chi connectivity index (χ1n) is 6.05. The molecular weight excluding hydrogens is 220 g/mol. The molecule has 0 atom stereocenters. The van der Waals surface area contributed by atoms with Crippen molar-refractivity contribution in [1.82, 2.24) is 4.98 Å². The van der Waals surface area contributed by atoms with Gasteiger partial charge in [0.15, 0.2) is 0 Å². The number of hydrogen-bond acceptors (Lipinski definition) is 2. The van der Waals surface area contributed by atoms with Gasteiger partial charge < -0.3 is 5.32 Å². The number of hydrogen-bond donors (Lipinski definition) is 1. The summed E-state index contributed by atoms with van der Waals surface area (Å²) < 4.78 is 0. The molecule has 0 aliphatic carbocycles. The molecule has 1 N–H and O–H groups in total. The van der Waals surface area contributed by atoms with Gasteiger partial charge in [-0.15, -0.1) is 0 Å². The zero-order chi connectivity index (χ0) is 12.2. The minimum Gasteiger partial charge on any atom is -0.380 e. The molecule has 0 fully saturated rings. The highest BCUT2D eigenvalue weighted by Gasteiger charge is 2.00. The molecule has 18 heavy (non-hydrogen) atoms. The van der Waals surface area contributed by atoms with Crippen LogP contribution in [0, 0.1) is 0 Å². The number of benzene rings is 2. The highest BCUT2D eigenvalue weighted by molar-refractivity contribution is 5.91. The van der Waals surface area contributed by atoms with Crippen LogP contribution in [-0.2, 0) is 6.54 Å². The van der Waals surface area contributed by atoms with Crippen molar-refractivity contribution in [2.75, 3.05) is 5.32 Å². The fourth-order valence-electron chi connectivity index (χ4n) is 2.05. The number of nitrogens with one attached hydrogen (secondary N) is 1. The van der Waals surface area contributed by atoms with E-state index in [-0.39, 0.29) is 0 Å². The standard InChI is InChI=1S/C16H14N2/c1-2-6-13(7-3-1)12-18-16-10-4-9-15-14(16)8-5-11-17-15/h1-11,18H,12H2. The summed E-state index contributed by atoms with van der Waals surface area (Å²) in [6.07, 6.45) is 1.82. The Morgan fingerprint density at radius 3 is 2.61 bits per heavy atom. The summed E-state index contributed by atoms with van der Waals surface area (Å²) in [7, 11) is 0. The van der Waals surface area contributed by atoms with Gasteiger partial charge in [0.2, 0.25) is 0 Å². The van der Waals surface area contributed by atoms with E-state index in [9.17, 15) is 0 Å². The minimum absolute atomic E-state index is 0.828. The third-order valence-electron chi connectivity index (χ3n) is 2.97. The highest BCUT2D eigenvalue weighted by Crippen LogP contribution is 2.21. The third kappa shape index (κ3) is 2.18. The fraction of sp³-hybridized carbons (Fsp3) is 0.0625. The lowest BCUT2D eigenvalue weighted by Crippen LogP contribution is -1.99. The van der Waals surface area contributed by atoms with Crippen LogP contribution in [0.2, 0.25) is 0 Å². The Morgan fingerprint density at radius 2 is 1.72 bits per heavy atom. The van der Waals surface area contributed by atoms with Gasteiger partial charge in [-0.2, -0.15) is 0 Å². The van der Waals surface area contributed by atoms with Crippen LogP contribution in [-0.4, -0.2) is 4.98 Å². The molecule has 0 aliphatic rings. The maximum Gasteiger partial charge on any atom is 0.0722 e. The molecule has 2 nitrogen and oxygen atoms in total. The first-order chi connectivity index (χ1) is 8.93. The first-order valence-corrected chi connectivity index (χ1v) is 6.05. The predicted octanol–water partition coefficient (Wildman–Crippen LogP) is 3.85. The van der Waals surface area contributed by atoms with E-state index in [4.69, 9.17) is 0 Å². The average Bonchev–Trinajstić information content (AvgIpc) is 2.46. The van der Waals surface area contributed by atoms with E-state index in [0.29, 0.717) is 0 Å². The predicted molar refractivity (Wildman–Crippen MR) is 75.5 cm³/mol. The topological polar surface area (TPSA) is 24.9 Å². The third-order valence-corrected chi connectivity index (χ3v) is 2.97. The molecule has 0 amide bonds. The van der Waals surface area contributed by atoms with Gasteiger partial charge in [-0.1, -0.05) is 36.4 Å². The van der Waals surface area contributed by atoms with Crippen molar-refractivity contribution in [3.63, 3.8) is 0 Å². The summed E-state index contributed by atoms with van der Waals surface area (Å²) in [6.45, 7) is 0.828. The van der Waals surface area contributed by atoms with Gasteiger partial charge in [0.1, 0.15) is 0 Å². The first kappa shape index (κ1) is 10.8. The van der Waals surface area contributed by atoms with Gasteiger partial charge in [-0.05, 0) is 29.8 Å². The zero-order valence-corrected chi connectivity index (χ0v) is 10.0. The van der Waals surface area contributed by atoms with Crippen molar-refractivity contribution in [3.05, 3.63) is 72.4 Å². The van der Waals surface area contributed by atoms with Gasteiger partial charge in [0, 0.05) is 23.8 Å². The molecular formula is C16H14N2. The second-order valence-electron chi connectivity index (χ2n) is 4.21. The highest BCUT2D eigenvalue weighted by atomic mass is 14.9. The minimum atomic E-state index is 0.828. The Labute approximate surface area is 106 Å². The quantitative estimate of drug-likeness (QED) is 0.744. The van der Waals surface area contributed by atoms with E-state index < -0.39 is 0 Å². The molecule has 0 bridgehead atoms. The van der Waals surface area contributed by atoms with Crippen molar-refractivity contribution in [1.29, 1.82) is 0 Å². The number of aromatic nitrogens is 1. The number of nitrogens with zero attached hydrogens (tertiary/aromatic N) is 1. The van der Waals surface area contributed by atoms with Gasteiger partial charge in [0.25, 0.3) is 0 Å². The number of rotatable bonds is 3. The van der Waals surface area contributed by atoms with Crippen molar-refractivity contribution in [3.8, 4) is 0 Å². The smallest absolute Gasteiger partial charge is 0.0722 e. The molecule has 0 aliphatic heterocycles. The molecule has 0 spiro atoms. The second kappa shape index (κ2) is 4.88. The molecule has 1 aromatic heterocycles. The lowest BCUT2D eigenvalue weighted by atomic mass is 10.1. The Hall–Kier alpha value is -2.35. The second-order valence-corrected chi connectivity index (χ2v) is 4.21. The van der Waals surface area contributed by atoms with Gasteiger partial charge >= 0.3 is 0 Å². The molecule has 3 aromatic rings. The van der Waals surface area contributed by atoms with Crippen LogP contribution in [0.1, 0.15) is 5.56 Å². The Bertz CT molecular complexity index is 642. The molecule has 2 aromatic carbocycles. The Balaban J connectivity index is 1.87. The van der Waals surface area contributed by atoms with E-state index in [2.05, 4.69) is 46.7 Å². The van der Waals surface area contributed by atoms with Crippen molar-refractivity contribution < 1.29 is 0 Å². The molecule has 3 rings (SSSR count). The normalized spacial score (nSPS) is 10.4. The summed E-state index contributed by atoms with van der Waals surface area (Å²) in [6, 6.07) is 20.6. The van der Waals surface area contributed by atoms with E-state index in [1.54, 1.807) is 0 Å². The molecule has 0 saturated carbocycles. The summed E-state index contributed by atoms with van der Waals surface area (Å²) in [5.41, 5.74) is 3.43. The maximum absolute atomic E-state index is 4.36. The van der Waals surface area contributed by atoms with Crippen LogP contribution < -0.4 is 5.32 Å². The maximum atomic E-state index is 4.36. The lowest BCUT2D eigenvalue weighted by molar-refractivity contribution is 1.15. The van der Waals surface area contributed by atoms with Crippen molar-refractivity contribution >= 4 is 16.6 Å². The van der Waals surface area contributed by atoms with Crippen LogP contribution in [0.15, 0.2) is 66.9 Å². The van der Waals surface area contributed by atoms with Gasteiger partial charge in [0.05, 0.1) is 5.52 Å². The molecule has 0 radical (unpaired) electrons. The summed E-state index contributed by atoms with van der Waals surface area (Å²) in [5.74, 6) is 0. The van der Waals surface area contributed by atoms with Crippen LogP contribution in [0.4, 0.5) is 5.69 Å². The van der Waals surface area contributed by atoms with Crippen molar-refractivity contribution in [2.24, 2.45) is 0 Å². The molecule has 0 saturated heterocycles. The van der Waals surface area contributed by atoms with Crippen molar-refractivity contribution in [2.45, 2.75) is 6.54 Å². The zero-order valence-electron chi connectivity index (χ0n) is 10.0. The monoisotopic (exact) mass is 234 g/mol. The number of pyridine rings is 1. The van der Waals surface area contributed by atoms with E-state index in [1.165, 1.54) is 5.56 Å². The largest absolute Gasteiger partial charge is 0.380 e. The Morgan fingerprint density at radius 1 is 0.833 bits per heavy atom. The van der Waals surface area contributed by atoms with Crippen LogP contribution in [0.25, 0.3) is 10.9 Å². The Kier molecular flexibility index (Phi) is 2.92. The number of anilines is 1. The fourth-order valence-corrected chi connectivity index (χ4v) is 2.05. The number of fused-ring (bicyclic) bond motifs is 1. The van der Waals surface area contributed by atoms with Crippen LogP contribution >= 0.6 is 0 Å². The molecule has 2 heteroatoms. The van der Waals surface area contributed by atoms with Gasteiger partial charge in [-0.3, -0.25) is 4.98 Å². The molecule has 88 valence electrons. The summed E-state index contributed by atoms with van der Waals surface area (Å²) in [4.78, 5) is 4.36. The van der Waals surface area contributed by atoms with Crippen LogP contribution in [0.3, 0.4) is 0 Å². The average molecular weight is 234 g/mol. The van der Waals surface area contributed by atoms with E-state index in [1.807, 2.05) is 30.5 Å². The summed E-state index contributed by atoms with van der Waals surface area (Å²) >= 11 is 0.